The van der Waals surface area contributed by atoms with E-state index >= 15 is 0 Å². The SMILES string of the molecule is CNSC(=O)Nc1ccc(SC(CCc2ccc(Cl)cc2)Cn2ccnc2)cc1. The molecular formula is C21H23ClN4OS2. The topological polar surface area (TPSA) is 59.0 Å². The second-order valence-corrected chi connectivity index (χ2v) is 9.20. The maximum absolute atomic E-state index is 11.7. The number of hydrogen-bond acceptors (Lipinski definition) is 5. The van der Waals surface area contributed by atoms with Crippen molar-refractivity contribution in [3.05, 3.63) is 77.8 Å². The Balaban J connectivity index is 1.62. The molecule has 1 heterocycles. The molecule has 5 nitrogen and oxygen atoms in total. The summed E-state index contributed by atoms with van der Waals surface area (Å²) in [6.45, 7) is 0.884. The van der Waals surface area contributed by atoms with E-state index in [0.29, 0.717) is 5.25 Å². The second kappa shape index (κ2) is 11.3. The van der Waals surface area contributed by atoms with Crippen molar-refractivity contribution in [2.24, 2.45) is 0 Å². The van der Waals surface area contributed by atoms with E-state index in [0.717, 1.165) is 42.0 Å². The van der Waals surface area contributed by atoms with E-state index in [9.17, 15) is 4.79 Å². The summed E-state index contributed by atoms with van der Waals surface area (Å²) < 4.78 is 4.88. The van der Waals surface area contributed by atoms with Crippen LogP contribution in [0.15, 0.2) is 72.1 Å². The highest BCUT2D eigenvalue weighted by Gasteiger charge is 2.13. The van der Waals surface area contributed by atoms with Gasteiger partial charge in [-0.05, 0) is 61.9 Å². The Kier molecular flexibility index (Phi) is 8.49. The fourth-order valence-corrected chi connectivity index (χ4v) is 4.48. The summed E-state index contributed by atoms with van der Waals surface area (Å²) in [4.78, 5) is 17.0. The number of amides is 1. The fourth-order valence-electron chi connectivity index (χ4n) is 2.84. The first-order valence-electron chi connectivity index (χ1n) is 9.24. The van der Waals surface area contributed by atoms with Crippen molar-refractivity contribution in [3.8, 4) is 0 Å². The van der Waals surface area contributed by atoms with E-state index in [-0.39, 0.29) is 5.24 Å². The Labute approximate surface area is 184 Å². The molecule has 0 spiro atoms. The highest BCUT2D eigenvalue weighted by molar-refractivity contribution is 8.12. The fraction of sp³-hybridized carbons (Fsp3) is 0.238. The lowest BCUT2D eigenvalue weighted by Crippen LogP contribution is -2.13. The highest BCUT2D eigenvalue weighted by atomic mass is 35.5. The molecule has 0 radical (unpaired) electrons. The van der Waals surface area contributed by atoms with Crippen LogP contribution in [0.25, 0.3) is 0 Å². The average molecular weight is 447 g/mol. The minimum atomic E-state index is -0.131. The lowest BCUT2D eigenvalue weighted by molar-refractivity contribution is 0.269. The third-order valence-corrected chi connectivity index (χ3v) is 6.25. The number of carbonyl (C=O) groups excluding carboxylic acids is 1. The van der Waals surface area contributed by atoms with Gasteiger partial charge in [-0.2, -0.15) is 0 Å². The van der Waals surface area contributed by atoms with Gasteiger partial charge in [0.1, 0.15) is 0 Å². The predicted octanol–water partition coefficient (Wildman–Crippen LogP) is 5.73. The summed E-state index contributed by atoms with van der Waals surface area (Å²) in [6.07, 6.45) is 7.67. The van der Waals surface area contributed by atoms with E-state index in [1.54, 1.807) is 7.05 Å². The van der Waals surface area contributed by atoms with E-state index in [4.69, 9.17) is 11.6 Å². The van der Waals surface area contributed by atoms with Gasteiger partial charge in [0, 0.05) is 51.7 Å². The largest absolute Gasteiger partial charge is 0.336 e. The van der Waals surface area contributed by atoms with Crippen LogP contribution in [-0.4, -0.2) is 27.1 Å². The first-order valence-corrected chi connectivity index (χ1v) is 11.3. The van der Waals surface area contributed by atoms with Gasteiger partial charge in [-0.1, -0.05) is 23.7 Å². The molecule has 0 bridgehead atoms. The van der Waals surface area contributed by atoms with Crippen LogP contribution in [0.1, 0.15) is 12.0 Å². The molecule has 2 aromatic carbocycles. The van der Waals surface area contributed by atoms with Crippen LogP contribution in [0.4, 0.5) is 10.5 Å². The van der Waals surface area contributed by atoms with Gasteiger partial charge in [0.25, 0.3) is 5.24 Å². The summed E-state index contributed by atoms with van der Waals surface area (Å²) in [7, 11) is 1.72. The van der Waals surface area contributed by atoms with Crippen molar-refractivity contribution in [1.82, 2.24) is 14.3 Å². The standard InChI is InChI=1S/C21H23ClN4OS2/c1-23-29-21(27)25-18-7-10-19(11-8-18)28-20(14-26-13-12-24-15-26)9-4-16-2-5-17(22)6-3-16/h2-3,5-8,10-13,15,20,23H,4,9,14H2,1H3,(H,25,27). The smallest absolute Gasteiger partial charge is 0.298 e. The lowest BCUT2D eigenvalue weighted by atomic mass is 10.1. The van der Waals surface area contributed by atoms with Crippen molar-refractivity contribution >= 4 is 46.2 Å². The Morgan fingerprint density at radius 3 is 2.59 bits per heavy atom. The number of imidazole rings is 1. The predicted molar refractivity (Wildman–Crippen MR) is 124 cm³/mol. The number of halogens is 1. The third-order valence-electron chi connectivity index (χ3n) is 4.24. The van der Waals surface area contributed by atoms with Crippen LogP contribution >= 0.6 is 35.3 Å². The molecule has 0 aliphatic carbocycles. The van der Waals surface area contributed by atoms with Gasteiger partial charge in [-0.15, -0.1) is 11.8 Å². The third kappa shape index (κ3) is 7.44. The van der Waals surface area contributed by atoms with Crippen LogP contribution in [0, 0.1) is 0 Å². The number of nitrogens with zero attached hydrogens (tertiary/aromatic N) is 2. The molecule has 152 valence electrons. The molecule has 0 saturated carbocycles. The van der Waals surface area contributed by atoms with Crippen LogP contribution in [-0.2, 0) is 13.0 Å². The van der Waals surface area contributed by atoms with Gasteiger partial charge in [-0.25, -0.2) is 4.98 Å². The summed E-state index contributed by atoms with van der Waals surface area (Å²) >= 11 is 8.86. The van der Waals surface area contributed by atoms with Crippen molar-refractivity contribution < 1.29 is 4.79 Å². The molecule has 1 unspecified atom stereocenters. The van der Waals surface area contributed by atoms with Crippen LogP contribution in [0.2, 0.25) is 5.02 Å². The molecule has 8 heteroatoms. The van der Waals surface area contributed by atoms with Gasteiger partial charge in [0.15, 0.2) is 0 Å². The number of thioether (sulfide) groups is 1. The number of nitrogens with one attached hydrogen (secondary N) is 2. The summed E-state index contributed by atoms with van der Waals surface area (Å²) in [5, 5.41) is 3.86. The number of carbonyl (C=O) groups is 1. The van der Waals surface area contributed by atoms with Gasteiger partial charge in [0.05, 0.1) is 6.33 Å². The Morgan fingerprint density at radius 2 is 1.93 bits per heavy atom. The molecule has 0 saturated heterocycles. The monoisotopic (exact) mass is 446 g/mol. The zero-order valence-electron chi connectivity index (χ0n) is 16.0. The van der Waals surface area contributed by atoms with Gasteiger partial charge < -0.3 is 9.88 Å². The molecule has 1 atom stereocenters. The molecular weight excluding hydrogens is 424 g/mol. The minimum Gasteiger partial charge on any atom is -0.336 e. The van der Waals surface area contributed by atoms with Gasteiger partial charge in [0.2, 0.25) is 0 Å². The van der Waals surface area contributed by atoms with Crippen molar-refractivity contribution in [1.29, 1.82) is 0 Å². The Hall–Kier alpha value is -1.93. The van der Waals surface area contributed by atoms with Gasteiger partial charge >= 0.3 is 0 Å². The second-order valence-electron chi connectivity index (χ2n) is 6.41. The van der Waals surface area contributed by atoms with Crippen molar-refractivity contribution in [3.63, 3.8) is 0 Å². The van der Waals surface area contributed by atoms with E-state index in [1.165, 1.54) is 10.5 Å². The number of aryl methyl sites for hydroxylation is 1. The molecule has 0 aliphatic heterocycles. The summed E-state index contributed by atoms with van der Waals surface area (Å²) in [6, 6.07) is 16.0. The molecule has 1 aromatic heterocycles. The number of hydrogen-bond donors (Lipinski definition) is 2. The molecule has 2 N–H and O–H groups in total. The quantitative estimate of drug-likeness (QED) is 0.324. The van der Waals surface area contributed by atoms with E-state index < -0.39 is 0 Å². The Bertz CT molecular complexity index is 886. The number of aromatic nitrogens is 2. The zero-order valence-corrected chi connectivity index (χ0v) is 18.4. The highest BCUT2D eigenvalue weighted by Crippen LogP contribution is 2.29. The maximum atomic E-state index is 11.7. The van der Waals surface area contributed by atoms with E-state index in [1.807, 2.05) is 66.9 Å². The summed E-state index contributed by atoms with van der Waals surface area (Å²) in [5.74, 6) is 0. The minimum absolute atomic E-state index is 0.131. The van der Waals surface area contributed by atoms with Crippen molar-refractivity contribution in [2.45, 2.75) is 29.5 Å². The van der Waals surface area contributed by atoms with Crippen LogP contribution < -0.4 is 10.0 Å². The molecule has 1 amide bonds. The molecule has 0 aliphatic rings. The summed E-state index contributed by atoms with van der Waals surface area (Å²) in [5.41, 5.74) is 2.07. The first-order chi connectivity index (χ1) is 14.1. The van der Waals surface area contributed by atoms with Crippen molar-refractivity contribution in [2.75, 3.05) is 12.4 Å². The normalized spacial score (nSPS) is 11.9. The molecule has 0 fully saturated rings. The number of benzene rings is 2. The molecule has 3 aromatic rings. The lowest BCUT2D eigenvalue weighted by Gasteiger charge is -2.18. The van der Waals surface area contributed by atoms with Crippen LogP contribution in [0.3, 0.4) is 0 Å². The van der Waals surface area contributed by atoms with E-state index in [2.05, 4.69) is 31.7 Å². The number of rotatable bonds is 9. The molecule has 3 rings (SSSR count). The first kappa shape index (κ1) is 21.8. The Morgan fingerprint density at radius 1 is 1.17 bits per heavy atom. The average Bonchev–Trinajstić information content (AvgIpc) is 3.22. The van der Waals surface area contributed by atoms with Gasteiger partial charge in [-0.3, -0.25) is 9.52 Å². The molecule has 29 heavy (non-hydrogen) atoms. The zero-order chi connectivity index (χ0) is 20.5. The number of anilines is 1. The van der Waals surface area contributed by atoms with Crippen LogP contribution in [0.5, 0.6) is 0 Å². The maximum Gasteiger partial charge on any atom is 0.298 e.